The van der Waals surface area contributed by atoms with Gasteiger partial charge in [-0.15, -0.1) is 10.2 Å². The lowest BCUT2D eigenvalue weighted by Gasteiger charge is -2.28. The first-order valence-electron chi connectivity index (χ1n) is 8.89. The van der Waals surface area contributed by atoms with Gasteiger partial charge in [0.25, 0.3) is 0 Å². The van der Waals surface area contributed by atoms with Crippen LogP contribution in [0.25, 0.3) is 11.3 Å². The Kier molecular flexibility index (Phi) is 5.55. The Labute approximate surface area is 160 Å². The molecule has 1 saturated heterocycles. The quantitative estimate of drug-likeness (QED) is 0.834. The standard InChI is InChI=1S/C19H21F3N4O2/c1-11-8-16(23-18(28)12-4-3-7-26(2)10-12)24-25-17(11)14-6-5-13(9-15(14)27)19(20,21)22/h5-6,8-9,12,27H,3-4,7,10H2,1-2H3,(H,23,24,28)/t12-/m1/s1. The number of carbonyl (C=O) groups excluding carboxylic acids is 1. The molecule has 0 radical (unpaired) electrons. The van der Waals surface area contributed by atoms with Crippen LogP contribution in [-0.2, 0) is 11.0 Å². The Bertz CT molecular complexity index is 886. The summed E-state index contributed by atoms with van der Waals surface area (Å²) in [7, 11) is 1.97. The molecule has 3 rings (SSSR count). The van der Waals surface area contributed by atoms with Gasteiger partial charge in [-0.1, -0.05) is 0 Å². The molecule has 2 N–H and O–H groups in total. The lowest BCUT2D eigenvalue weighted by atomic mass is 9.97. The fourth-order valence-corrected chi connectivity index (χ4v) is 3.33. The minimum absolute atomic E-state index is 0.125. The molecule has 9 heteroatoms. The highest BCUT2D eigenvalue weighted by Gasteiger charge is 2.31. The van der Waals surface area contributed by atoms with E-state index in [-0.39, 0.29) is 28.9 Å². The SMILES string of the molecule is Cc1cc(NC(=O)[C@@H]2CCCN(C)C2)nnc1-c1ccc(C(F)(F)F)cc1O. The Balaban J connectivity index is 1.78. The molecule has 1 amide bonds. The number of rotatable bonds is 3. The Hall–Kier alpha value is -2.68. The van der Waals surface area contributed by atoms with Crippen LogP contribution in [0.3, 0.4) is 0 Å². The van der Waals surface area contributed by atoms with E-state index in [0.717, 1.165) is 31.5 Å². The number of halogens is 3. The molecule has 1 fully saturated rings. The van der Waals surface area contributed by atoms with Gasteiger partial charge >= 0.3 is 6.18 Å². The van der Waals surface area contributed by atoms with Crippen molar-refractivity contribution < 1.29 is 23.1 Å². The molecule has 0 saturated carbocycles. The van der Waals surface area contributed by atoms with E-state index < -0.39 is 17.5 Å². The summed E-state index contributed by atoms with van der Waals surface area (Å²) in [5, 5.41) is 20.7. The summed E-state index contributed by atoms with van der Waals surface area (Å²) < 4.78 is 38.3. The third kappa shape index (κ3) is 4.41. The van der Waals surface area contributed by atoms with Crippen LogP contribution in [-0.4, -0.2) is 46.2 Å². The second-order valence-electron chi connectivity index (χ2n) is 7.08. The molecule has 1 aliphatic heterocycles. The van der Waals surface area contributed by atoms with Crippen molar-refractivity contribution in [2.45, 2.75) is 25.9 Å². The van der Waals surface area contributed by atoms with Crippen molar-refractivity contribution in [3.8, 4) is 17.0 Å². The summed E-state index contributed by atoms with van der Waals surface area (Å²) in [5.74, 6) is -0.523. The van der Waals surface area contributed by atoms with E-state index in [1.54, 1.807) is 13.0 Å². The number of aryl methyl sites for hydroxylation is 1. The van der Waals surface area contributed by atoms with Gasteiger partial charge in [0.15, 0.2) is 5.82 Å². The van der Waals surface area contributed by atoms with Crippen molar-refractivity contribution in [3.63, 3.8) is 0 Å². The van der Waals surface area contributed by atoms with Gasteiger partial charge in [-0.05, 0) is 63.2 Å². The van der Waals surface area contributed by atoms with Crippen molar-refractivity contribution in [1.29, 1.82) is 0 Å². The Morgan fingerprint density at radius 2 is 2.04 bits per heavy atom. The van der Waals surface area contributed by atoms with E-state index in [9.17, 15) is 23.1 Å². The third-order valence-electron chi connectivity index (χ3n) is 4.81. The van der Waals surface area contributed by atoms with E-state index in [1.807, 2.05) is 7.05 Å². The number of nitrogens with zero attached hydrogens (tertiary/aromatic N) is 3. The minimum atomic E-state index is -4.54. The predicted octanol–water partition coefficient (Wildman–Crippen LogP) is 3.46. The van der Waals surface area contributed by atoms with Gasteiger partial charge in [0, 0.05) is 12.1 Å². The summed E-state index contributed by atoms with van der Waals surface area (Å²) in [6.07, 6.45) is -2.79. The molecule has 0 unspecified atom stereocenters. The number of nitrogens with one attached hydrogen (secondary N) is 1. The molecule has 150 valence electrons. The number of benzene rings is 1. The molecule has 0 spiro atoms. The highest BCUT2D eigenvalue weighted by Crippen LogP contribution is 2.36. The Morgan fingerprint density at radius 3 is 2.64 bits per heavy atom. The molecule has 2 aromatic rings. The smallest absolute Gasteiger partial charge is 0.416 e. The van der Waals surface area contributed by atoms with Crippen LogP contribution in [0.1, 0.15) is 24.0 Å². The zero-order valence-corrected chi connectivity index (χ0v) is 15.5. The number of amides is 1. The van der Waals surface area contributed by atoms with Crippen molar-refractivity contribution in [1.82, 2.24) is 15.1 Å². The molecule has 0 bridgehead atoms. The average molecular weight is 394 g/mol. The first-order valence-corrected chi connectivity index (χ1v) is 8.89. The van der Waals surface area contributed by atoms with Crippen molar-refractivity contribution >= 4 is 11.7 Å². The monoisotopic (exact) mass is 394 g/mol. The number of carbonyl (C=O) groups is 1. The molecule has 6 nitrogen and oxygen atoms in total. The summed E-state index contributed by atoms with van der Waals surface area (Å²) in [4.78, 5) is 14.5. The third-order valence-corrected chi connectivity index (χ3v) is 4.81. The number of hydrogen-bond acceptors (Lipinski definition) is 5. The molecule has 1 atom stereocenters. The first kappa shape index (κ1) is 20.1. The van der Waals surface area contributed by atoms with E-state index in [1.165, 1.54) is 0 Å². The summed E-state index contributed by atoms with van der Waals surface area (Å²) in [5.41, 5.74) is 0.0215. The molecule has 28 heavy (non-hydrogen) atoms. The van der Waals surface area contributed by atoms with Crippen LogP contribution >= 0.6 is 0 Å². The fraction of sp³-hybridized carbons (Fsp3) is 0.421. The van der Waals surface area contributed by atoms with Crippen molar-refractivity contribution in [2.24, 2.45) is 5.92 Å². The predicted molar refractivity (Wildman–Crippen MR) is 97.7 cm³/mol. The van der Waals surface area contributed by atoms with Gasteiger partial charge in [0.1, 0.15) is 5.75 Å². The molecular formula is C19H21F3N4O2. The largest absolute Gasteiger partial charge is 0.507 e. The van der Waals surface area contributed by atoms with Gasteiger partial charge < -0.3 is 15.3 Å². The number of alkyl halides is 3. The number of phenols is 1. The topological polar surface area (TPSA) is 78.4 Å². The van der Waals surface area contributed by atoms with Gasteiger partial charge in [0.05, 0.1) is 17.2 Å². The van der Waals surface area contributed by atoms with Crippen LogP contribution in [0.5, 0.6) is 5.75 Å². The molecule has 0 aliphatic carbocycles. The van der Waals surface area contributed by atoms with Crippen LogP contribution in [0.2, 0.25) is 0 Å². The number of phenolic OH excluding ortho intramolecular Hbond substituents is 1. The maximum atomic E-state index is 12.8. The lowest BCUT2D eigenvalue weighted by Crippen LogP contribution is -2.38. The van der Waals surface area contributed by atoms with Crippen LogP contribution in [0.15, 0.2) is 24.3 Å². The van der Waals surface area contributed by atoms with Gasteiger partial charge in [0.2, 0.25) is 5.91 Å². The fourth-order valence-electron chi connectivity index (χ4n) is 3.33. The first-order chi connectivity index (χ1) is 13.1. The maximum Gasteiger partial charge on any atom is 0.416 e. The molecule has 1 aliphatic rings. The number of likely N-dealkylation sites (tertiary alicyclic amines) is 1. The number of aromatic hydroxyl groups is 1. The minimum Gasteiger partial charge on any atom is -0.507 e. The summed E-state index contributed by atoms with van der Waals surface area (Å²) >= 11 is 0. The highest BCUT2D eigenvalue weighted by molar-refractivity contribution is 5.92. The van der Waals surface area contributed by atoms with Crippen LogP contribution < -0.4 is 5.32 Å². The lowest BCUT2D eigenvalue weighted by molar-refractivity contribution is -0.137. The molecule has 1 aromatic carbocycles. The number of anilines is 1. The van der Waals surface area contributed by atoms with E-state index in [0.29, 0.717) is 18.2 Å². The second kappa shape index (κ2) is 7.75. The van der Waals surface area contributed by atoms with Gasteiger partial charge in [-0.25, -0.2) is 0 Å². The number of hydrogen-bond donors (Lipinski definition) is 2. The zero-order valence-electron chi connectivity index (χ0n) is 15.5. The van der Waals surface area contributed by atoms with E-state index in [4.69, 9.17) is 0 Å². The molecule has 2 heterocycles. The van der Waals surface area contributed by atoms with E-state index >= 15 is 0 Å². The highest BCUT2D eigenvalue weighted by atomic mass is 19.4. The average Bonchev–Trinajstić information content (AvgIpc) is 2.61. The molecular weight excluding hydrogens is 373 g/mol. The van der Waals surface area contributed by atoms with Gasteiger partial charge in [-0.2, -0.15) is 13.2 Å². The maximum absolute atomic E-state index is 12.8. The second-order valence-corrected chi connectivity index (χ2v) is 7.08. The van der Waals surface area contributed by atoms with Crippen molar-refractivity contribution in [3.05, 3.63) is 35.4 Å². The van der Waals surface area contributed by atoms with E-state index in [2.05, 4.69) is 20.4 Å². The summed E-state index contributed by atoms with van der Waals surface area (Å²) in [6.45, 7) is 3.33. The van der Waals surface area contributed by atoms with Crippen LogP contribution in [0.4, 0.5) is 19.0 Å². The number of piperidine rings is 1. The number of aromatic nitrogens is 2. The zero-order chi connectivity index (χ0) is 20.5. The summed E-state index contributed by atoms with van der Waals surface area (Å²) in [6, 6.07) is 4.28. The normalized spacial score (nSPS) is 18.1. The molecule has 1 aromatic heterocycles. The van der Waals surface area contributed by atoms with Gasteiger partial charge in [-0.3, -0.25) is 4.79 Å². The Morgan fingerprint density at radius 1 is 1.29 bits per heavy atom. The van der Waals surface area contributed by atoms with Crippen molar-refractivity contribution in [2.75, 3.05) is 25.5 Å². The van der Waals surface area contributed by atoms with Crippen LogP contribution in [0, 0.1) is 12.8 Å².